The molecule has 1 N–H and O–H groups in total. The van der Waals surface area contributed by atoms with Gasteiger partial charge in [0.05, 0.1) is 5.69 Å². The average Bonchev–Trinajstić information content (AvgIpc) is 3.15. The predicted octanol–water partition coefficient (Wildman–Crippen LogP) is 4.12. The van der Waals surface area contributed by atoms with Gasteiger partial charge in [-0.05, 0) is 56.8 Å². The fourth-order valence-corrected chi connectivity index (χ4v) is 6.29. The molecule has 1 aromatic carbocycles. The number of rotatable bonds is 6. The smallest absolute Gasteiger partial charge is 0.268 e. The van der Waals surface area contributed by atoms with Crippen molar-refractivity contribution in [1.82, 2.24) is 9.88 Å². The van der Waals surface area contributed by atoms with Crippen LogP contribution in [-0.2, 0) is 10.0 Å². The maximum atomic E-state index is 15.1. The molecular formula is C21H24ClF3N4O2S. The van der Waals surface area contributed by atoms with Crippen LogP contribution >= 0.6 is 11.6 Å². The molecule has 1 saturated heterocycles. The molecule has 174 valence electrons. The topological polar surface area (TPSA) is 65.5 Å². The van der Waals surface area contributed by atoms with E-state index in [9.17, 15) is 17.2 Å². The standard InChI is InChI=1S/C21H24ClF3N4O2S/c1-28(2)11-13-6-7-21(13)8-9-29(12-21)15-10-14(23)20(19(25)18(15)22)32(30,31)27-17-5-3-4-16(24)26-17/h3-5,10,13H,6-9,11-12H2,1-2H3,(H,26,27)/t13-,21+/m0/s1. The third-order valence-corrected chi connectivity index (χ3v) is 8.24. The van der Waals surface area contributed by atoms with Crippen molar-refractivity contribution in [2.45, 2.75) is 24.2 Å². The van der Waals surface area contributed by atoms with Gasteiger partial charge in [-0.25, -0.2) is 22.2 Å². The van der Waals surface area contributed by atoms with E-state index in [-0.39, 0.29) is 11.1 Å². The second-order valence-electron chi connectivity index (χ2n) is 8.82. The van der Waals surface area contributed by atoms with Crippen molar-refractivity contribution in [2.75, 3.05) is 43.4 Å². The van der Waals surface area contributed by atoms with Gasteiger partial charge in [0.25, 0.3) is 10.0 Å². The van der Waals surface area contributed by atoms with Crippen LogP contribution in [0.1, 0.15) is 19.3 Å². The lowest BCUT2D eigenvalue weighted by molar-refractivity contribution is 0.0332. The number of benzene rings is 1. The average molecular weight is 489 g/mol. The number of pyridine rings is 1. The summed E-state index contributed by atoms with van der Waals surface area (Å²) < 4.78 is 70.4. The van der Waals surface area contributed by atoms with Crippen molar-refractivity contribution in [3.8, 4) is 0 Å². The van der Waals surface area contributed by atoms with Crippen molar-refractivity contribution in [1.29, 1.82) is 0 Å². The molecule has 2 aliphatic rings. The molecule has 0 unspecified atom stereocenters. The monoisotopic (exact) mass is 488 g/mol. The number of anilines is 2. The van der Waals surface area contributed by atoms with Crippen LogP contribution in [0.4, 0.5) is 24.7 Å². The van der Waals surface area contributed by atoms with E-state index in [1.807, 2.05) is 23.7 Å². The van der Waals surface area contributed by atoms with Crippen molar-refractivity contribution in [3.05, 3.63) is 46.9 Å². The summed E-state index contributed by atoms with van der Waals surface area (Å²) in [4.78, 5) is 6.10. The summed E-state index contributed by atoms with van der Waals surface area (Å²) in [5, 5.41) is -0.459. The number of hydrogen-bond acceptors (Lipinski definition) is 5. The van der Waals surface area contributed by atoms with Crippen LogP contribution in [0.15, 0.2) is 29.2 Å². The van der Waals surface area contributed by atoms with Crippen molar-refractivity contribution in [2.24, 2.45) is 11.3 Å². The van der Waals surface area contributed by atoms with Gasteiger partial charge in [-0.15, -0.1) is 0 Å². The molecule has 0 radical (unpaired) electrons. The van der Waals surface area contributed by atoms with E-state index < -0.39 is 43.3 Å². The number of aromatic nitrogens is 1. The number of nitrogens with one attached hydrogen (secondary N) is 1. The van der Waals surface area contributed by atoms with Gasteiger partial charge in [-0.1, -0.05) is 17.7 Å². The second kappa shape index (κ2) is 8.39. The van der Waals surface area contributed by atoms with Crippen molar-refractivity contribution < 1.29 is 21.6 Å². The van der Waals surface area contributed by atoms with Crippen LogP contribution in [0.25, 0.3) is 0 Å². The Morgan fingerprint density at radius 2 is 2.03 bits per heavy atom. The lowest BCUT2D eigenvalue weighted by Crippen LogP contribution is -2.47. The van der Waals surface area contributed by atoms with Gasteiger partial charge < -0.3 is 9.80 Å². The number of sulfonamides is 1. The summed E-state index contributed by atoms with van der Waals surface area (Å²) >= 11 is 6.20. The normalized spacial score (nSPS) is 23.1. The molecule has 2 heterocycles. The summed E-state index contributed by atoms with van der Waals surface area (Å²) in [5.74, 6) is -3.50. The molecule has 6 nitrogen and oxygen atoms in total. The van der Waals surface area contributed by atoms with Gasteiger partial charge in [-0.2, -0.15) is 4.39 Å². The number of halogens is 4. The highest BCUT2D eigenvalue weighted by Crippen LogP contribution is 2.54. The highest BCUT2D eigenvalue weighted by Gasteiger charge is 2.51. The zero-order valence-corrected chi connectivity index (χ0v) is 19.3. The van der Waals surface area contributed by atoms with Crippen molar-refractivity contribution in [3.63, 3.8) is 0 Å². The molecule has 2 aromatic rings. The van der Waals surface area contributed by atoms with E-state index in [0.717, 1.165) is 37.9 Å². The Morgan fingerprint density at radius 1 is 1.28 bits per heavy atom. The molecule has 1 aromatic heterocycles. The van der Waals surface area contributed by atoms with Gasteiger partial charge in [-0.3, -0.25) is 4.72 Å². The first-order valence-corrected chi connectivity index (χ1v) is 12.1. The minimum Gasteiger partial charge on any atom is -0.370 e. The molecule has 1 aliphatic heterocycles. The maximum absolute atomic E-state index is 15.1. The largest absolute Gasteiger partial charge is 0.370 e. The van der Waals surface area contributed by atoms with Gasteiger partial charge >= 0.3 is 0 Å². The third kappa shape index (κ3) is 4.15. The fourth-order valence-electron chi connectivity index (χ4n) is 4.82. The van der Waals surface area contributed by atoms with E-state index in [1.165, 1.54) is 12.1 Å². The van der Waals surface area contributed by atoms with Crippen LogP contribution in [0.2, 0.25) is 5.02 Å². The predicted molar refractivity (Wildman–Crippen MR) is 117 cm³/mol. The first-order valence-electron chi connectivity index (χ1n) is 10.2. The molecule has 4 rings (SSSR count). The van der Waals surface area contributed by atoms with Crippen LogP contribution in [0, 0.1) is 28.9 Å². The zero-order chi connectivity index (χ0) is 23.3. The first kappa shape index (κ1) is 23.1. The Hall–Kier alpha value is -2.04. The van der Waals surface area contributed by atoms with E-state index in [0.29, 0.717) is 19.0 Å². The molecule has 1 aliphatic carbocycles. The summed E-state index contributed by atoms with van der Waals surface area (Å²) in [6.45, 7) is 2.14. The highest BCUT2D eigenvalue weighted by atomic mass is 35.5. The SMILES string of the molecule is CN(C)C[C@@H]1CC[C@]12CCN(c1cc(F)c(S(=O)(=O)Nc3cccc(F)n3)c(F)c1Cl)C2. The Labute approximate surface area is 190 Å². The summed E-state index contributed by atoms with van der Waals surface area (Å²) in [5.41, 5.74) is 0.215. The minimum atomic E-state index is -4.73. The van der Waals surface area contributed by atoms with Gasteiger partial charge in [0.15, 0.2) is 10.7 Å². The minimum absolute atomic E-state index is 0.0793. The number of nitrogens with zero attached hydrogens (tertiary/aromatic N) is 3. The van der Waals surface area contributed by atoms with Crippen molar-refractivity contribution >= 4 is 33.1 Å². The Kier molecular flexibility index (Phi) is 6.06. The number of hydrogen-bond donors (Lipinski definition) is 1. The van der Waals surface area contributed by atoms with Gasteiger partial charge in [0.2, 0.25) is 5.95 Å². The van der Waals surface area contributed by atoms with Gasteiger partial charge in [0, 0.05) is 25.7 Å². The van der Waals surface area contributed by atoms with E-state index in [2.05, 4.69) is 9.88 Å². The highest BCUT2D eigenvalue weighted by molar-refractivity contribution is 7.92. The van der Waals surface area contributed by atoms with Crippen LogP contribution in [0.3, 0.4) is 0 Å². The van der Waals surface area contributed by atoms with Crippen LogP contribution < -0.4 is 9.62 Å². The summed E-state index contributed by atoms with van der Waals surface area (Å²) in [6, 6.07) is 4.35. The zero-order valence-electron chi connectivity index (χ0n) is 17.7. The lowest BCUT2D eigenvalue weighted by Gasteiger charge is -2.48. The molecular weight excluding hydrogens is 465 g/mol. The molecule has 32 heavy (non-hydrogen) atoms. The maximum Gasteiger partial charge on any atom is 0.268 e. The molecule has 11 heteroatoms. The van der Waals surface area contributed by atoms with Gasteiger partial charge in [0.1, 0.15) is 16.7 Å². The fraction of sp³-hybridized carbons (Fsp3) is 0.476. The van der Waals surface area contributed by atoms with E-state index in [1.54, 1.807) is 0 Å². The quantitative estimate of drug-likeness (QED) is 0.489. The van der Waals surface area contributed by atoms with Crippen LogP contribution in [-0.4, -0.2) is 52.0 Å². The molecule has 2 fully saturated rings. The Balaban J connectivity index is 1.61. The third-order valence-electron chi connectivity index (χ3n) is 6.49. The summed E-state index contributed by atoms with van der Waals surface area (Å²) in [6.07, 6.45) is 3.04. The molecule has 0 bridgehead atoms. The Morgan fingerprint density at radius 3 is 2.66 bits per heavy atom. The molecule has 1 saturated carbocycles. The molecule has 2 atom stereocenters. The lowest BCUT2D eigenvalue weighted by atomic mass is 9.59. The van der Waals surface area contributed by atoms with Crippen LogP contribution in [0.5, 0.6) is 0 Å². The molecule has 1 spiro atoms. The molecule has 0 amide bonds. The summed E-state index contributed by atoms with van der Waals surface area (Å²) in [7, 11) is -0.689. The van der Waals surface area contributed by atoms with E-state index in [4.69, 9.17) is 11.6 Å². The second-order valence-corrected chi connectivity index (χ2v) is 10.8. The Bertz CT molecular complexity index is 1150. The first-order chi connectivity index (χ1) is 15.0. The van der Waals surface area contributed by atoms with E-state index >= 15 is 4.39 Å².